The highest BCUT2D eigenvalue weighted by molar-refractivity contribution is 5.07. The van der Waals surface area contributed by atoms with Crippen molar-refractivity contribution in [2.45, 2.75) is 45.6 Å². The van der Waals surface area contributed by atoms with Gasteiger partial charge in [-0.05, 0) is 54.8 Å². The second-order valence-electron chi connectivity index (χ2n) is 6.30. The minimum absolute atomic E-state index is 0.0751. The summed E-state index contributed by atoms with van der Waals surface area (Å²) < 4.78 is 0. The predicted octanol–water partition coefficient (Wildman–Crippen LogP) is 2.44. The third-order valence-electron chi connectivity index (χ3n) is 4.94. The summed E-state index contributed by atoms with van der Waals surface area (Å²) in [5.74, 6) is 3.11. The fourth-order valence-electron chi connectivity index (χ4n) is 4.58. The zero-order chi connectivity index (χ0) is 9.22. The summed E-state index contributed by atoms with van der Waals surface area (Å²) in [7, 11) is 0. The molecule has 74 valence electrons. The van der Waals surface area contributed by atoms with E-state index in [2.05, 4.69) is 13.8 Å². The summed E-state index contributed by atoms with van der Waals surface area (Å²) in [6.45, 7) is 4.80. The molecule has 0 heterocycles. The Morgan fingerprint density at radius 1 is 0.923 bits per heavy atom. The molecule has 0 spiro atoms. The number of aliphatic hydroxyl groups is 1. The lowest BCUT2D eigenvalue weighted by Crippen LogP contribution is -2.18. The number of hydrogen-bond acceptors (Lipinski definition) is 1. The van der Waals surface area contributed by atoms with Crippen LogP contribution in [0.15, 0.2) is 0 Å². The van der Waals surface area contributed by atoms with E-state index < -0.39 is 0 Å². The van der Waals surface area contributed by atoms with E-state index in [9.17, 15) is 5.11 Å². The molecular weight excluding hydrogens is 160 g/mol. The van der Waals surface area contributed by atoms with Crippen molar-refractivity contribution in [1.82, 2.24) is 0 Å². The third-order valence-corrected chi connectivity index (χ3v) is 4.94. The monoisotopic (exact) mass is 180 g/mol. The molecule has 3 rings (SSSR count). The molecule has 4 unspecified atom stereocenters. The topological polar surface area (TPSA) is 20.2 Å². The normalized spacial score (nSPS) is 57.0. The van der Waals surface area contributed by atoms with Gasteiger partial charge in [0.1, 0.15) is 0 Å². The van der Waals surface area contributed by atoms with E-state index in [1.165, 1.54) is 25.7 Å². The van der Waals surface area contributed by atoms with Crippen molar-refractivity contribution >= 4 is 0 Å². The molecule has 3 saturated carbocycles. The first-order chi connectivity index (χ1) is 6.08. The van der Waals surface area contributed by atoms with Crippen LogP contribution in [0.25, 0.3) is 0 Å². The fourth-order valence-corrected chi connectivity index (χ4v) is 4.58. The van der Waals surface area contributed by atoms with Crippen molar-refractivity contribution in [3.05, 3.63) is 0 Å². The molecule has 1 N–H and O–H groups in total. The molecule has 0 aromatic rings. The minimum atomic E-state index is 0.0751. The lowest BCUT2D eigenvalue weighted by Gasteiger charge is -2.22. The Labute approximate surface area is 80.5 Å². The van der Waals surface area contributed by atoms with Gasteiger partial charge in [-0.15, -0.1) is 0 Å². The number of fused-ring (bicyclic) bond motifs is 5. The van der Waals surface area contributed by atoms with Crippen molar-refractivity contribution in [3.63, 3.8) is 0 Å². The summed E-state index contributed by atoms with van der Waals surface area (Å²) in [6, 6.07) is 0. The van der Waals surface area contributed by atoms with Gasteiger partial charge in [-0.2, -0.15) is 0 Å². The third kappa shape index (κ3) is 0.971. The smallest absolute Gasteiger partial charge is 0.0602 e. The summed E-state index contributed by atoms with van der Waals surface area (Å²) in [5.41, 5.74) is 0.566. The summed E-state index contributed by atoms with van der Waals surface area (Å²) in [5, 5.41) is 10.0. The van der Waals surface area contributed by atoms with Crippen LogP contribution < -0.4 is 0 Å². The largest absolute Gasteiger partial charge is 0.393 e. The second-order valence-corrected chi connectivity index (χ2v) is 6.30. The SMILES string of the molecule is CC1(C)CC2C3CCC(C3O)C2C1. The van der Waals surface area contributed by atoms with Gasteiger partial charge in [0.2, 0.25) is 0 Å². The quantitative estimate of drug-likeness (QED) is 0.607. The molecule has 1 nitrogen and oxygen atoms in total. The van der Waals surface area contributed by atoms with Crippen molar-refractivity contribution < 1.29 is 5.11 Å². The summed E-state index contributed by atoms with van der Waals surface area (Å²) >= 11 is 0. The highest BCUT2D eigenvalue weighted by atomic mass is 16.3. The highest BCUT2D eigenvalue weighted by Gasteiger charge is 2.58. The Morgan fingerprint density at radius 3 is 1.85 bits per heavy atom. The zero-order valence-corrected chi connectivity index (χ0v) is 8.66. The van der Waals surface area contributed by atoms with E-state index in [4.69, 9.17) is 0 Å². The Kier molecular flexibility index (Phi) is 1.47. The lowest BCUT2D eigenvalue weighted by molar-refractivity contribution is 0.105. The van der Waals surface area contributed by atoms with Gasteiger partial charge in [0.05, 0.1) is 6.10 Å². The van der Waals surface area contributed by atoms with Gasteiger partial charge in [0.15, 0.2) is 0 Å². The van der Waals surface area contributed by atoms with Crippen LogP contribution in [0.1, 0.15) is 39.5 Å². The van der Waals surface area contributed by atoms with Crippen LogP contribution in [-0.4, -0.2) is 11.2 Å². The minimum Gasteiger partial charge on any atom is -0.393 e. The van der Waals surface area contributed by atoms with Crippen LogP contribution in [0.4, 0.5) is 0 Å². The standard InChI is InChI=1S/C12H20O/c1-12(2)5-9-7-3-4-8(11(7)13)10(9)6-12/h7-11,13H,3-6H2,1-2H3. The molecule has 0 amide bonds. The lowest BCUT2D eigenvalue weighted by atomic mass is 9.82. The first-order valence-corrected chi connectivity index (χ1v) is 5.76. The summed E-state index contributed by atoms with van der Waals surface area (Å²) in [6.07, 6.45) is 5.43. The van der Waals surface area contributed by atoms with E-state index in [-0.39, 0.29) is 6.10 Å². The molecule has 3 fully saturated rings. The highest BCUT2D eigenvalue weighted by Crippen LogP contribution is 2.62. The molecule has 3 aliphatic rings. The van der Waals surface area contributed by atoms with Crippen molar-refractivity contribution in [2.24, 2.45) is 29.1 Å². The molecule has 13 heavy (non-hydrogen) atoms. The molecule has 0 aliphatic heterocycles. The molecule has 2 bridgehead atoms. The average Bonchev–Trinajstić information content (AvgIpc) is 2.58. The van der Waals surface area contributed by atoms with Crippen molar-refractivity contribution in [1.29, 1.82) is 0 Å². The van der Waals surface area contributed by atoms with E-state index in [1.807, 2.05) is 0 Å². The van der Waals surface area contributed by atoms with Crippen LogP contribution in [0.5, 0.6) is 0 Å². The molecule has 0 radical (unpaired) electrons. The van der Waals surface area contributed by atoms with Crippen LogP contribution in [-0.2, 0) is 0 Å². The first-order valence-electron chi connectivity index (χ1n) is 5.76. The molecule has 3 aliphatic carbocycles. The maximum absolute atomic E-state index is 10.0. The van der Waals surface area contributed by atoms with E-state index in [0.717, 1.165) is 11.8 Å². The maximum atomic E-state index is 10.0. The number of hydrogen-bond donors (Lipinski definition) is 1. The second kappa shape index (κ2) is 2.31. The molecule has 4 atom stereocenters. The van der Waals surface area contributed by atoms with Gasteiger partial charge in [-0.1, -0.05) is 13.8 Å². The van der Waals surface area contributed by atoms with Gasteiger partial charge in [-0.25, -0.2) is 0 Å². The van der Waals surface area contributed by atoms with E-state index >= 15 is 0 Å². The van der Waals surface area contributed by atoms with Crippen molar-refractivity contribution in [3.8, 4) is 0 Å². The summed E-state index contributed by atoms with van der Waals surface area (Å²) in [4.78, 5) is 0. The van der Waals surface area contributed by atoms with Gasteiger partial charge >= 0.3 is 0 Å². The Hall–Kier alpha value is -0.0400. The molecule has 0 aromatic heterocycles. The molecule has 1 heteroatoms. The molecule has 0 aromatic carbocycles. The Balaban J connectivity index is 1.89. The van der Waals surface area contributed by atoms with E-state index in [0.29, 0.717) is 17.3 Å². The Bertz CT molecular complexity index is 211. The zero-order valence-electron chi connectivity index (χ0n) is 8.66. The van der Waals surface area contributed by atoms with Gasteiger partial charge in [0, 0.05) is 0 Å². The van der Waals surface area contributed by atoms with Crippen LogP contribution in [0.3, 0.4) is 0 Å². The average molecular weight is 180 g/mol. The van der Waals surface area contributed by atoms with Crippen LogP contribution in [0.2, 0.25) is 0 Å². The molecular formula is C12H20O. The van der Waals surface area contributed by atoms with Crippen molar-refractivity contribution in [2.75, 3.05) is 0 Å². The van der Waals surface area contributed by atoms with Gasteiger partial charge in [0.25, 0.3) is 0 Å². The fraction of sp³-hybridized carbons (Fsp3) is 1.00. The number of aliphatic hydroxyl groups excluding tert-OH is 1. The van der Waals surface area contributed by atoms with Crippen LogP contribution >= 0.6 is 0 Å². The van der Waals surface area contributed by atoms with Crippen LogP contribution in [0, 0.1) is 29.1 Å². The first kappa shape index (κ1) is 8.28. The van der Waals surface area contributed by atoms with E-state index in [1.54, 1.807) is 0 Å². The predicted molar refractivity (Wildman–Crippen MR) is 52.2 cm³/mol. The Morgan fingerprint density at radius 2 is 1.38 bits per heavy atom. The molecule has 0 saturated heterocycles. The van der Waals surface area contributed by atoms with Gasteiger partial charge in [-0.3, -0.25) is 0 Å². The van der Waals surface area contributed by atoms with Gasteiger partial charge < -0.3 is 5.11 Å². The number of rotatable bonds is 0. The maximum Gasteiger partial charge on any atom is 0.0602 e.